The molecule has 3 aromatic rings. The second-order valence-electron chi connectivity index (χ2n) is 7.50. The van der Waals surface area contributed by atoms with Gasteiger partial charge in [0.15, 0.2) is 0 Å². The molecule has 1 aliphatic rings. The lowest BCUT2D eigenvalue weighted by molar-refractivity contribution is -0.141. The second kappa shape index (κ2) is 8.76. The number of hydrogen-bond acceptors (Lipinski definition) is 3. The lowest BCUT2D eigenvalue weighted by atomic mass is 9.93. The Bertz CT molecular complexity index is 1310. The highest BCUT2D eigenvalue weighted by atomic mass is 35.5. The average Bonchev–Trinajstić information content (AvgIpc) is 2.72. The molecule has 1 aliphatic heterocycles. The number of benzene rings is 2. The predicted molar refractivity (Wildman–Crippen MR) is 118 cm³/mol. The molecule has 33 heavy (non-hydrogen) atoms. The number of aryl methyl sites for hydroxylation is 1. The molecule has 2 N–H and O–H groups in total. The van der Waals surface area contributed by atoms with E-state index >= 15 is 0 Å². The maximum Gasteiger partial charge on any atom is 0.431 e. The molecule has 2 aromatic carbocycles. The van der Waals surface area contributed by atoms with Crippen molar-refractivity contribution in [2.45, 2.75) is 32.0 Å². The fourth-order valence-electron chi connectivity index (χ4n) is 3.83. The summed E-state index contributed by atoms with van der Waals surface area (Å²) in [6.07, 6.45) is -4.19. The van der Waals surface area contributed by atoms with Gasteiger partial charge in [-0.25, -0.2) is 0 Å². The summed E-state index contributed by atoms with van der Waals surface area (Å²) in [5.41, 5.74) is -1.69. The number of carbonyl (C=O) groups excluding carboxylic acids is 1. The van der Waals surface area contributed by atoms with Crippen LogP contribution in [0.4, 0.5) is 13.2 Å². The highest BCUT2D eigenvalue weighted by Gasteiger charge is 2.35. The highest BCUT2D eigenvalue weighted by molar-refractivity contribution is 6.32. The number of alkyl halides is 3. The van der Waals surface area contributed by atoms with E-state index in [1.807, 2.05) is 0 Å². The lowest BCUT2D eigenvalue weighted by Gasteiger charge is -2.30. The Hall–Kier alpha value is -2.97. The number of aromatic amines is 1. The lowest BCUT2D eigenvalue weighted by Crippen LogP contribution is -2.36. The number of H-pyrrole nitrogens is 1. The third kappa shape index (κ3) is 4.45. The van der Waals surface area contributed by atoms with Gasteiger partial charge in [-0.05, 0) is 42.3 Å². The van der Waals surface area contributed by atoms with Crippen LogP contribution in [0.1, 0.15) is 52.1 Å². The minimum absolute atomic E-state index is 0.00819. The first kappa shape index (κ1) is 23.2. The minimum Gasteiger partial charge on any atom is -0.456 e. The van der Waals surface area contributed by atoms with E-state index in [4.69, 9.17) is 27.9 Å². The van der Waals surface area contributed by atoms with Gasteiger partial charge in [-0.1, -0.05) is 48.7 Å². The first-order valence-electron chi connectivity index (χ1n) is 10.00. The van der Waals surface area contributed by atoms with E-state index in [9.17, 15) is 22.8 Å². The van der Waals surface area contributed by atoms with Gasteiger partial charge >= 0.3 is 6.18 Å². The van der Waals surface area contributed by atoms with Crippen molar-refractivity contribution in [3.63, 3.8) is 0 Å². The Kier molecular flexibility index (Phi) is 6.16. The third-order valence-electron chi connectivity index (χ3n) is 5.25. The van der Waals surface area contributed by atoms with Crippen molar-refractivity contribution in [2.24, 2.45) is 0 Å². The van der Waals surface area contributed by atoms with E-state index in [2.05, 4.69) is 5.32 Å². The van der Waals surface area contributed by atoms with Crippen molar-refractivity contribution in [1.29, 1.82) is 0 Å². The number of hydrogen-bond donors (Lipinski definition) is 2. The molecule has 0 aliphatic carbocycles. The van der Waals surface area contributed by atoms with Gasteiger partial charge in [0.25, 0.3) is 11.5 Å². The Balaban J connectivity index is 1.81. The number of carbonyl (C=O) groups is 1. The quantitative estimate of drug-likeness (QED) is 0.446. The van der Waals surface area contributed by atoms with Gasteiger partial charge in [-0.2, -0.15) is 13.2 Å². The summed E-state index contributed by atoms with van der Waals surface area (Å²) in [5, 5.41) is 3.48. The Morgan fingerprint density at radius 1 is 1.15 bits per heavy atom. The third-order valence-corrected chi connectivity index (χ3v) is 5.81. The smallest absolute Gasteiger partial charge is 0.431 e. The van der Waals surface area contributed by atoms with Crippen LogP contribution >= 0.6 is 23.2 Å². The molecule has 0 saturated heterocycles. The normalized spacial score (nSPS) is 14.8. The van der Waals surface area contributed by atoms with Crippen molar-refractivity contribution >= 4 is 29.1 Å². The maximum absolute atomic E-state index is 13.3. The van der Waals surface area contributed by atoms with Crippen molar-refractivity contribution in [3.05, 3.63) is 90.8 Å². The number of rotatable bonds is 4. The summed E-state index contributed by atoms with van der Waals surface area (Å²) in [7, 11) is 0. The zero-order valence-corrected chi connectivity index (χ0v) is 18.7. The average molecular weight is 497 g/mol. The Morgan fingerprint density at radius 3 is 2.61 bits per heavy atom. The molecule has 0 fully saturated rings. The van der Waals surface area contributed by atoms with Gasteiger partial charge in [0.1, 0.15) is 22.8 Å². The van der Waals surface area contributed by atoms with E-state index in [0.29, 0.717) is 39.1 Å². The molecule has 172 valence electrons. The number of nitrogens with one attached hydrogen (secondary N) is 2. The van der Waals surface area contributed by atoms with Crippen LogP contribution < -0.4 is 15.6 Å². The Morgan fingerprint density at radius 2 is 1.91 bits per heavy atom. The molecule has 0 saturated carbocycles. The minimum atomic E-state index is -4.75. The van der Waals surface area contributed by atoms with Crippen LogP contribution in [0, 0.1) is 0 Å². The van der Waals surface area contributed by atoms with Crippen molar-refractivity contribution in [1.82, 2.24) is 10.3 Å². The van der Waals surface area contributed by atoms with Gasteiger partial charge < -0.3 is 15.0 Å². The molecule has 1 unspecified atom stereocenters. The van der Waals surface area contributed by atoms with Crippen LogP contribution in [0.25, 0.3) is 0 Å². The number of aromatic nitrogens is 1. The van der Waals surface area contributed by atoms with E-state index < -0.39 is 29.4 Å². The molecule has 1 amide bonds. The summed E-state index contributed by atoms with van der Waals surface area (Å²) in [4.78, 5) is 27.6. The van der Waals surface area contributed by atoms with E-state index in [-0.39, 0.29) is 17.5 Å². The summed E-state index contributed by atoms with van der Waals surface area (Å²) < 4.78 is 45.5. The topological polar surface area (TPSA) is 71.2 Å². The highest BCUT2D eigenvalue weighted by Crippen LogP contribution is 2.46. The molecule has 0 spiro atoms. The van der Waals surface area contributed by atoms with Gasteiger partial charge in [0.2, 0.25) is 0 Å². The van der Waals surface area contributed by atoms with Crippen LogP contribution in [-0.4, -0.2) is 10.9 Å². The zero-order chi connectivity index (χ0) is 23.9. The van der Waals surface area contributed by atoms with Crippen molar-refractivity contribution in [3.8, 4) is 11.5 Å². The molecule has 10 heteroatoms. The van der Waals surface area contributed by atoms with Gasteiger partial charge in [0.05, 0.1) is 6.04 Å². The monoisotopic (exact) mass is 496 g/mol. The number of pyridine rings is 1. The number of halogens is 5. The summed E-state index contributed by atoms with van der Waals surface area (Å²) >= 11 is 12.5. The van der Waals surface area contributed by atoms with E-state index in [1.54, 1.807) is 48.3 Å². The van der Waals surface area contributed by atoms with E-state index in [1.165, 1.54) is 0 Å². The summed E-state index contributed by atoms with van der Waals surface area (Å²) in [5.74, 6) is -0.0533. The van der Waals surface area contributed by atoms with Crippen LogP contribution in [0.3, 0.4) is 0 Å². The molecule has 0 radical (unpaired) electrons. The molecule has 1 aromatic heterocycles. The first-order valence-corrected chi connectivity index (χ1v) is 10.8. The van der Waals surface area contributed by atoms with Crippen molar-refractivity contribution in [2.75, 3.05) is 0 Å². The first-order chi connectivity index (χ1) is 15.6. The molecular weight excluding hydrogens is 480 g/mol. The molecule has 4 rings (SSSR count). The van der Waals surface area contributed by atoms with Crippen LogP contribution in [-0.2, 0) is 12.6 Å². The molecule has 0 bridgehead atoms. The fraction of sp³-hybridized carbons (Fsp3) is 0.217. The van der Waals surface area contributed by atoms with Gasteiger partial charge in [-0.15, -0.1) is 0 Å². The zero-order valence-electron chi connectivity index (χ0n) is 17.1. The summed E-state index contributed by atoms with van der Waals surface area (Å²) in [6.45, 7) is 1.74. The SMILES string of the molecule is CCCc1cc(C(F)(F)F)[nH]c(=O)c1C(=O)NC1c2ccc(Cl)cc2Oc2cccc(Cl)c21. The standard InChI is InChI=1S/C23H17Cl2F3N2O3/c1-2-4-11-9-17(23(26,27)28)29-21(31)18(11)22(32)30-20-13-8-7-12(24)10-16(13)33-15-6-3-5-14(25)19(15)20/h3,5-10,20H,2,4H2,1H3,(H,29,31)(H,30,32). The molecule has 1 atom stereocenters. The molecule has 2 heterocycles. The van der Waals surface area contributed by atoms with Gasteiger partial charge in [-0.3, -0.25) is 9.59 Å². The van der Waals surface area contributed by atoms with E-state index in [0.717, 1.165) is 6.07 Å². The van der Waals surface area contributed by atoms with Crippen LogP contribution in [0.2, 0.25) is 10.0 Å². The fourth-order valence-corrected chi connectivity index (χ4v) is 4.27. The number of ether oxygens (including phenoxy) is 1. The maximum atomic E-state index is 13.3. The van der Waals surface area contributed by atoms with Crippen LogP contribution in [0.15, 0.2) is 47.3 Å². The largest absolute Gasteiger partial charge is 0.456 e. The van der Waals surface area contributed by atoms with Gasteiger partial charge in [0, 0.05) is 21.2 Å². The predicted octanol–water partition coefficient (Wildman–Crippen LogP) is 6.28. The molecular formula is C23H17Cl2F3N2O3. The van der Waals surface area contributed by atoms with Crippen LogP contribution in [0.5, 0.6) is 11.5 Å². The van der Waals surface area contributed by atoms with Crippen molar-refractivity contribution < 1.29 is 22.7 Å². The second-order valence-corrected chi connectivity index (χ2v) is 8.35. The number of amides is 1. The Labute approximate surface area is 196 Å². The number of fused-ring (bicyclic) bond motifs is 2. The summed E-state index contributed by atoms with van der Waals surface area (Å²) in [6, 6.07) is 9.78. The molecule has 5 nitrogen and oxygen atoms in total.